The average Bonchev–Trinajstić information content (AvgIpc) is 2.74. The Morgan fingerprint density at radius 2 is 1.87 bits per heavy atom. The van der Waals surface area contributed by atoms with Gasteiger partial charge in [0.2, 0.25) is 10.0 Å². The van der Waals surface area contributed by atoms with Crippen LogP contribution in [0.3, 0.4) is 0 Å². The van der Waals surface area contributed by atoms with Crippen LogP contribution < -0.4 is 15.4 Å². The first-order valence-corrected chi connectivity index (χ1v) is 12.0. The van der Waals surface area contributed by atoms with Gasteiger partial charge in [-0.2, -0.15) is 0 Å². The third-order valence-electron chi connectivity index (χ3n) is 5.84. The van der Waals surface area contributed by atoms with Crippen molar-refractivity contribution in [2.45, 2.75) is 51.0 Å². The first-order chi connectivity index (χ1) is 14.3. The number of nitrogens with one attached hydrogen (secondary N) is 3. The third-order valence-corrected chi connectivity index (χ3v) is 7.39. The van der Waals surface area contributed by atoms with Gasteiger partial charge in [-0.1, -0.05) is 25.1 Å². The summed E-state index contributed by atoms with van der Waals surface area (Å²) in [6.45, 7) is 7.61. The van der Waals surface area contributed by atoms with E-state index in [1.54, 1.807) is 24.3 Å². The lowest BCUT2D eigenvalue weighted by Gasteiger charge is -2.28. The monoisotopic (exact) mass is 429 g/mol. The van der Waals surface area contributed by atoms with Gasteiger partial charge in [0.1, 0.15) is 0 Å². The number of benzene rings is 2. The summed E-state index contributed by atoms with van der Waals surface area (Å²) in [5.41, 5.74) is 2.92. The summed E-state index contributed by atoms with van der Waals surface area (Å²) in [7, 11) is -3.63. The number of amides is 1. The second-order valence-electron chi connectivity index (χ2n) is 7.94. The average molecular weight is 430 g/mol. The molecule has 0 unspecified atom stereocenters. The van der Waals surface area contributed by atoms with Gasteiger partial charge in [0.15, 0.2) is 0 Å². The molecule has 2 aromatic carbocycles. The smallest absolute Gasteiger partial charge is 0.255 e. The van der Waals surface area contributed by atoms with Crippen molar-refractivity contribution in [2.75, 3.05) is 18.4 Å². The zero-order valence-corrected chi connectivity index (χ0v) is 18.7. The molecular weight excluding hydrogens is 398 g/mol. The van der Waals surface area contributed by atoms with Crippen LogP contribution in [0.25, 0.3) is 0 Å². The molecule has 1 saturated heterocycles. The maximum atomic E-state index is 12.9. The van der Waals surface area contributed by atoms with E-state index < -0.39 is 10.0 Å². The fraction of sp³-hybridized carbons (Fsp3) is 0.435. The Morgan fingerprint density at radius 3 is 2.53 bits per heavy atom. The van der Waals surface area contributed by atoms with Crippen LogP contribution in [-0.4, -0.2) is 33.5 Å². The minimum atomic E-state index is -3.63. The molecule has 1 amide bonds. The van der Waals surface area contributed by atoms with Gasteiger partial charge in [-0.25, -0.2) is 13.1 Å². The first kappa shape index (κ1) is 22.5. The fourth-order valence-electron chi connectivity index (χ4n) is 3.92. The number of sulfonamides is 1. The largest absolute Gasteiger partial charge is 0.322 e. The molecule has 0 spiro atoms. The molecule has 3 N–H and O–H groups in total. The van der Waals surface area contributed by atoms with Gasteiger partial charge in [-0.15, -0.1) is 0 Å². The number of carbonyl (C=O) groups is 1. The first-order valence-electron chi connectivity index (χ1n) is 10.5. The van der Waals surface area contributed by atoms with E-state index in [-0.39, 0.29) is 16.8 Å². The van der Waals surface area contributed by atoms with Crippen LogP contribution in [-0.2, 0) is 16.4 Å². The molecule has 3 rings (SSSR count). The molecule has 1 atom stereocenters. The summed E-state index contributed by atoms with van der Waals surface area (Å²) >= 11 is 0. The molecule has 162 valence electrons. The van der Waals surface area contributed by atoms with Crippen molar-refractivity contribution in [2.24, 2.45) is 5.92 Å². The molecule has 0 aromatic heterocycles. The van der Waals surface area contributed by atoms with E-state index in [0.29, 0.717) is 23.6 Å². The van der Waals surface area contributed by atoms with E-state index in [4.69, 9.17) is 0 Å². The predicted molar refractivity (Wildman–Crippen MR) is 120 cm³/mol. The molecule has 2 aromatic rings. The third kappa shape index (κ3) is 5.28. The summed E-state index contributed by atoms with van der Waals surface area (Å²) in [6.07, 6.45) is 2.54. The molecule has 0 bridgehead atoms. The standard InChI is InChI=1S/C23H31N3O3S/c1-4-18-15-20(30(28,29)26-17(3)19-11-13-24-14-12-19)9-10-22(18)25-23(27)21-8-6-5-7-16(21)2/h5-10,15,17,19,24,26H,4,11-14H2,1-3H3,(H,25,27)/t17-/m1/s1. The van der Waals surface area contributed by atoms with Crippen LogP contribution in [0.1, 0.15) is 48.2 Å². The van der Waals surface area contributed by atoms with Crippen LogP contribution in [0.4, 0.5) is 5.69 Å². The Bertz CT molecular complexity index is 999. The van der Waals surface area contributed by atoms with Crippen molar-refractivity contribution in [3.05, 3.63) is 59.2 Å². The van der Waals surface area contributed by atoms with E-state index in [1.165, 1.54) is 0 Å². The molecule has 0 aliphatic carbocycles. The van der Waals surface area contributed by atoms with E-state index in [2.05, 4.69) is 15.4 Å². The van der Waals surface area contributed by atoms with Gasteiger partial charge < -0.3 is 10.6 Å². The minimum absolute atomic E-state index is 0.123. The Morgan fingerprint density at radius 1 is 1.17 bits per heavy atom. The number of hydrogen-bond donors (Lipinski definition) is 3. The highest BCUT2D eigenvalue weighted by Gasteiger charge is 2.25. The van der Waals surface area contributed by atoms with Gasteiger partial charge >= 0.3 is 0 Å². The van der Waals surface area contributed by atoms with E-state index in [0.717, 1.165) is 37.1 Å². The Labute approximate surface area is 179 Å². The van der Waals surface area contributed by atoms with Gasteiger partial charge in [0.25, 0.3) is 5.91 Å². The second kappa shape index (κ2) is 9.73. The number of hydrogen-bond acceptors (Lipinski definition) is 4. The number of rotatable bonds is 7. The highest BCUT2D eigenvalue weighted by atomic mass is 32.2. The molecule has 7 heteroatoms. The van der Waals surface area contributed by atoms with Gasteiger partial charge in [0.05, 0.1) is 4.90 Å². The molecule has 30 heavy (non-hydrogen) atoms. The fourth-order valence-corrected chi connectivity index (χ4v) is 5.28. The van der Waals surface area contributed by atoms with Crippen LogP contribution in [0, 0.1) is 12.8 Å². The van der Waals surface area contributed by atoms with Crippen molar-refractivity contribution >= 4 is 21.6 Å². The van der Waals surface area contributed by atoms with Crippen molar-refractivity contribution in [3.63, 3.8) is 0 Å². The maximum absolute atomic E-state index is 12.9. The molecule has 1 fully saturated rings. The normalized spacial score (nSPS) is 16.2. The minimum Gasteiger partial charge on any atom is -0.322 e. The zero-order chi connectivity index (χ0) is 21.7. The van der Waals surface area contributed by atoms with Crippen LogP contribution in [0.15, 0.2) is 47.4 Å². The van der Waals surface area contributed by atoms with E-state index in [9.17, 15) is 13.2 Å². The highest BCUT2D eigenvalue weighted by molar-refractivity contribution is 7.89. The van der Waals surface area contributed by atoms with Crippen molar-refractivity contribution in [1.82, 2.24) is 10.0 Å². The lowest BCUT2D eigenvalue weighted by molar-refractivity contribution is 0.102. The van der Waals surface area contributed by atoms with Crippen LogP contribution >= 0.6 is 0 Å². The molecule has 0 radical (unpaired) electrons. The second-order valence-corrected chi connectivity index (χ2v) is 9.65. The molecule has 1 aliphatic rings. The Balaban J connectivity index is 1.77. The Kier molecular flexibility index (Phi) is 7.28. The van der Waals surface area contributed by atoms with Crippen molar-refractivity contribution in [1.29, 1.82) is 0 Å². The molecule has 1 heterocycles. The van der Waals surface area contributed by atoms with Gasteiger partial charge in [-0.3, -0.25) is 4.79 Å². The highest BCUT2D eigenvalue weighted by Crippen LogP contribution is 2.24. The summed E-state index contributed by atoms with van der Waals surface area (Å²) in [5, 5.41) is 6.23. The lowest BCUT2D eigenvalue weighted by Crippen LogP contribution is -2.42. The molecule has 6 nitrogen and oxygen atoms in total. The van der Waals surface area contributed by atoms with E-state index in [1.807, 2.05) is 39.0 Å². The van der Waals surface area contributed by atoms with E-state index >= 15 is 0 Å². The predicted octanol–water partition coefficient (Wildman–Crippen LogP) is 3.48. The zero-order valence-electron chi connectivity index (χ0n) is 17.9. The number of anilines is 1. The summed E-state index contributed by atoms with van der Waals surface area (Å²) < 4.78 is 28.7. The Hall–Kier alpha value is -2.22. The molecule has 1 aliphatic heterocycles. The van der Waals surface area contributed by atoms with Crippen molar-refractivity contribution in [3.8, 4) is 0 Å². The lowest BCUT2D eigenvalue weighted by atomic mass is 9.92. The number of piperidine rings is 1. The van der Waals surface area contributed by atoms with Crippen LogP contribution in [0.2, 0.25) is 0 Å². The quantitative estimate of drug-likeness (QED) is 0.629. The van der Waals surface area contributed by atoms with Gasteiger partial charge in [0, 0.05) is 17.3 Å². The number of carbonyl (C=O) groups excluding carboxylic acids is 1. The topological polar surface area (TPSA) is 87.3 Å². The summed E-state index contributed by atoms with van der Waals surface area (Å²) in [5.74, 6) is 0.135. The summed E-state index contributed by atoms with van der Waals surface area (Å²) in [6, 6.07) is 12.2. The van der Waals surface area contributed by atoms with Crippen LogP contribution in [0.5, 0.6) is 0 Å². The molecular formula is C23H31N3O3S. The number of aryl methyl sites for hydroxylation is 2. The van der Waals surface area contributed by atoms with Crippen molar-refractivity contribution < 1.29 is 13.2 Å². The van der Waals surface area contributed by atoms with Gasteiger partial charge in [-0.05, 0) is 87.5 Å². The molecule has 0 saturated carbocycles. The maximum Gasteiger partial charge on any atom is 0.255 e. The summed E-state index contributed by atoms with van der Waals surface area (Å²) in [4.78, 5) is 12.9. The SMILES string of the molecule is CCc1cc(S(=O)(=O)N[C@H](C)C2CCNCC2)ccc1NC(=O)c1ccccc1C.